The quantitative estimate of drug-likeness (QED) is 0.596. The van der Waals surface area contributed by atoms with E-state index in [4.69, 9.17) is 4.74 Å². The zero-order chi connectivity index (χ0) is 12.7. The summed E-state index contributed by atoms with van der Waals surface area (Å²) in [6, 6.07) is 7.02. The van der Waals surface area contributed by atoms with E-state index in [1.54, 1.807) is 25.1 Å². The Kier molecular flexibility index (Phi) is 5.77. The summed E-state index contributed by atoms with van der Waals surface area (Å²) in [5.41, 5.74) is 0.466. The Morgan fingerprint density at radius 1 is 1.24 bits per heavy atom. The number of hydrogen-bond acceptors (Lipinski definition) is 4. The minimum atomic E-state index is -0.362. The highest BCUT2D eigenvalue weighted by Gasteiger charge is 2.14. The fourth-order valence-corrected chi connectivity index (χ4v) is 1.99. The number of carbonyl (C=O) groups is 2. The molecule has 0 saturated carbocycles. The van der Waals surface area contributed by atoms with Gasteiger partial charge >= 0.3 is 5.97 Å². The Labute approximate surface area is 106 Å². The Balaban J connectivity index is 2.83. The van der Waals surface area contributed by atoms with Gasteiger partial charge < -0.3 is 4.74 Å². The van der Waals surface area contributed by atoms with Gasteiger partial charge in [0.2, 0.25) is 0 Å². The second kappa shape index (κ2) is 7.12. The third-order valence-corrected chi connectivity index (χ3v) is 3.15. The molecule has 0 unspecified atom stereocenters. The monoisotopic (exact) mass is 252 g/mol. The lowest BCUT2D eigenvalue weighted by molar-refractivity contribution is -0.110. The molecule has 0 atom stereocenters. The molecule has 92 valence electrons. The van der Waals surface area contributed by atoms with Crippen LogP contribution in [0.4, 0.5) is 0 Å². The molecular formula is C13H16O3S. The van der Waals surface area contributed by atoms with Crippen LogP contribution in [0.15, 0.2) is 29.2 Å². The lowest BCUT2D eigenvalue weighted by Gasteiger charge is -2.07. The van der Waals surface area contributed by atoms with Gasteiger partial charge in [0, 0.05) is 11.3 Å². The predicted molar refractivity (Wildman–Crippen MR) is 68.2 cm³/mol. The predicted octanol–water partition coefficient (Wildman–Crippen LogP) is 3.28. The topological polar surface area (TPSA) is 43.4 Å². The first-order chi connectivity index (χ1) is 8.19. The SMILES string of the molecule is CCCOC(=O)c1ccccc1SC(=O)CC. The van der Waals surface area contributed by atoms with Gasteiger partial charge in [0.1, 0.15) is 0 Å². The van der Waals surface area contributed by atoms with Crippen molar-refractivity contribution < 1.29 is 14.3 Å². The van der Waals surface area contributed by atoms with Crippen LogP contribution in [0.2, 0.25) is 0 Å². The Morgan fingerprint density at radius 2 is 1.94 bits per heavy atom. The number of benzene rings is 1. The van der Waals surface area contributed by atoms with E-state index in [0.29, 0.717) is 23.5 Å². The Hall–Kier alpha value is -1.29. The zero-order valence-electron chi connectivity index (χ0n) is 10.1. The molecule has 1 aromatic rings. The fourth-order valence-electron chi connectivity index (χ4n) is 1.19. The second-order valence-electron chi connectivity index (χ2n) is 3.46. The van der Waals surface area contributed by atoms with E-state index in [1.807, 2.05) is 13.0 Å². The summed E-state index contributed by atoms with van der Waals surface area (Å²) < 4.78 is 5.07. The summed E-state index contributed by atoms with van der Waals surface area (Å²) in [6.45, 7) is 4.14. The minimum absolute atomic E-state index is 0.0424. The van der Waals surface area contributed by atoms with E-state index in [2.05, 4.69) is 0 Å². The average Bonchev–Trinajstić information content (AvgIpc) is 2.36. The molecule has 0 aliphatic heterocycles. The molecule has 0 bridgehead atoms. The summed E-state index contributed by atoms with van der Waals surface area (Å²) in [5, 5.41) is 0.0424. The standard InChI is InChI=1S/C13H16O3S/c1-3-9-16-13(15)10-7-5-6-8-11(10)17-12(14)4-2/h5-8H,3-4,9H2,1-2H3. The second-order valence-corrected chi connectivity index (χ2v) is 4.56. The van der Waals surface area contributed by atoms with Gasteiger partial charge in [-0.1, -0.05) is 37.7 Å². The summed E-state index contributed by atoms with van der Waals surface area (Å²) in [5.74, 6) is -0.362. The minimum Gasteiger partial charge on any atom is -0.462 e. The largest absolute Gasteiger partial charge is 0.462 e. The molecule has 0 aliphatic carbocycles. The van der Waals surface area contributed by atoms with E-state index in [1.165, 1.54) is 0 Å². The van der Waals surface area contributed by atoms with Crippen LogP contribution in [0, 0.1) is 0 Å². The fraction of sp³-hybridized carbons (Fsp3) is 0.385. The van der Waals surface area contributed by atoms with Gasteiger partial charge in [-0.3, -0.25) is 4.79 Å². The molecule has 0 fully saturated rings. The molecule has 0 spiro atoms. The van der Waals surface area contributed by atoms with Gasteiger partial charge in [-0.05, 0) is 18.6 Å². The average molecular weight is 252 g/mol. The highest BCUT2D eigenvalue weighted by Crippen LogP contribution is 2.24. The van der Waals surface area contributed by atoms with Gasteiger partial charge in [0.15, 0.2) is 5.12 Å². The third kappa shape index (κ3) is 4.23. The first kappa shape index (κ1) is 13.8. The molecule has 17 heavy (non-hydrogen) atoms. The smallest absolute Gasteiger partial charge is 0.339 e. The third-order valence-electron chi connectivity index (χ3n) is 2.06. The van der Waals surface area contributed by atoms with Gasteiger partial charge in [-0.15, -0.1) is 0 Å². The first-order valence-electron chi connectivity index (χ1n) is 5.65. The normalized spacial score (nSPS) is 10.0. The molecular weight excluding hydrogens is 236 g/mol. The summed E-state index contributed by atoms with van der Waals surface area (Å²) in [7, 11) is 0. The van der Waals surface area contributed by atoms with Crippen molar-refractivity contribution in [3.8, 4) is 0 Å². The molecule has 3 nitrogen and oxygen atoms in total. The van der Waals surface area contributed by atoms with E-state index in [9.17, 15) is 9.59 Å². The molecule has 0 heterocycles. The molecule has 0 amide bonds. The Morgan fingerprint density at radius 3 is 2.59 bits per heavy atom. The maximum absolute atomic E-state index is 11.7. The van der Waals surface area contributed by atoms with Crippen molar-refractivity contribution >= 4 is 22.8 Å². The van der Waals surface area contributed by atoms with Crippen LogP contribution in [-0.4, -0.2) is 17.7 Å². The maximum atomic E-state index is 11.7. The number of thioether (sulfide) groups is 1. The number of esters is 1. The van der Waals surface area contributed by atoms with Crippen molar-refractivity contribution in [1.29, 1.82) is 0 Å². The van der Waals surface area contributed by atoms with Crippen LogP contribution in [0.5, 0.6) is 0 Å². The summed E-state index contributed by atoms with van der Waals surface area (Å²) in [6.07, 6.45) is 1.23. The van der Waals surface area contributed by atoms with Gasteiger partial charge in [-0.25, -0.2) is 4.79 Å². The number of rotatable bonds is 5. The zero-order valence-corrected chi connectivity index (χ0v) is 10.9. The molecule has 1 rings (SSSR count). The van der Waals surface area contributed by atoms with E-state index >= 15 is 0 Å². The Bertz CT molecular complexity index is 401. The number of carbonyl (C=O) groups excluding carboxylic acids is 2. The number of ether oxygens (including phenoxy) is 1. The van der Waals surface area contributed by atoms with Crippen LogP contribution in [-0.2, 0) is 9.53 Å². The van der Waals surface area contributed by atoms with Crippen molar-refractivity contribution in [3.63, 3.8) is 0 Å². The van der Waals surface area contributed by atoms with Crippen molar-refractivity contribution in [1.82, 2.24) is 0 Å². The van der Waals surface area contributed by atoms with Crippen molar-refractivity contribution in [2.75, 3.05) is 6.61 Å². The van der Waals surface area contributed by atoms with Crippen LogP contribution in [0.25, 0.3) is 0 Å². The van der Waals surface area contributed by atoms with Gasteiger partial charge in [0.25, 0.3) is 0 Å². The highest BCUT2D eigenvalue weighted by molar-refractivity contribution is 8.13. The van der Waals surface area contributed by atoms with Gasteiger partial charge in [0.05, 0.1) is 12.2 Å². The van der Waals surface area contributed by atoms with Crippen LogP contribution >= 0.6 is 11.8 Å². The van der Waals surface area contributed by atoms with Crippen LogP contribution in [0.1, 0.15) is 37.0 Å². The van der Waals surface area contributed by atoms with Gasteiger partial charge in [-0.2, -0.15) is 0 Å². The lowest BCUT2D eigenvalue weighted by Crippen LogP contribution is -2.07. The van der Waals surface area contributed by atoms with E-state index < -0.39 is 0 Å². The molecule has 0 N–H and O–H groups in total. The first-order valence-corrected chi connectivity index (χ1v) is 6.47. The van der Waals surface area contributed by atoms with Crippen molar-refractivity contribution in [2.24, 2.45) is 0 Å². The number of hydrogen-bond donors (Lipinski definition) is 0. The van der Waals surface area contributed by atoms with Crippen LogP contribution in [0.3, 0.4) is 0 Å². The molecule has 4 heteroatoms. The van der Waals surface area contributed by atoms with Crippen LogP contribution < -0.4 is 0 Å². The summed E-state index contributed by atoms with van der Waals surface area (Å²) in [4.78, 5) is 23.8. The highest BCUT2D eigenvalue weighted by atomic mass is 32.2. The molecule has 0 saturated heterocycles. The van der Waals surface area contributed by atoms with Crippen molar-refractivity contribution in [3.05, 3.63) is 29.8 Å². The molecule has 0 aromatic heterocycles. The van der Waals surface area contributed by atoms with E-state index in [-0.39, 0.29) is 11.1 Å². The molecule has 1 aromatic carbocycles. The molecule has 0 radical (unpaired) electrons. The lowest BCUT2D eigenvalue weighted by atomic mass is 10.2. The molecule has 0 aliphatic rings. The van der Waals surface area contributed by atoms with Crippen molar-refractivity contribution in [2.45, 2.75) is 31.6 Å². The van der Waals surface area contributed by atoms with E-state index in [0.717, 1.165) is 18.2 Å². The maximum Gasteiger partial charge on any atom is 0.339 e. The summed E-state index contributed by atoms with van der Waals surface area (Å²) >= 11 is 1.09.